The number of allylic oxidation sites excluding steroid dienone is 1. The van der Waals surface area contributed by atoms with E-state index in [9.17, 15) is 4.79 Å². The first-order valence-corrected chi connectivity index (χ1v) is 5.41. The fourth-order valence-corrected chi connectivity index (χ4v) is 2.75. The van der Waals surface area contributed by atoms with Crippen molar-refractivity contribution in [1.29, 1.82) is 0 Å². The fourth-order valence-electron chi connectivity index (χ4n) is 1.53. The molecule has 0 N–H and O–H groups in total. The highest BCUT2D eigenvalue weighted by atomic mass is 32.2. The van der Waals surface area contributed by atoms with Gasteiger partial charge in [0.1, 0.15) is 0 Å². The number of ketones is 1. The Bertz CT molecular complexity index is 217. The maximum Gasteiger partial charge on any atom is 0.209 e. The highest BCUT2D eigenvalue weighted by molar-refractivity contribution is 8.00. The molecule has 2 aliphatic heterocycles. The number of Topliss-reactive ketones (excluding diaryl/α,β-unsaturated/α-hetero) is 1. The number of carbonyl (C=O) groups excluding carboxylic acids is 1. The molecule has 0 radical (unpaired) electrons. The van der Waals surface area contributed by atoms with Crippen LogP contribution in [0.1, 0.15) is 19.3 Å². The van der Waals surface area contributed by atoms with E-state index in [4.69, 9.17) is 4.74 Å². The van der Waals surface area contributed by atoms with Crippen molar-refractivity contribution in [1.82, 2.24) is 0 Å². The smallest absolute Gasteiger partial charge is 0.209 e. The van der Waals surface area contributed by atoms with Crippen LogP contribution in [-0.4, -0.2) is 23.4 Å². The van der Waals surface area contributed by atoms with Gasteiger partial charge in [-0.15, -0.1) is 0 Å². The van der Waals surface area contributed by atoms with Crippen LogP contribution in [0.2, 0.25) is 0 Å². The zero-order valence-electron chi connectivity index (χ0n) is 6.91. The molecule has 66 valence electrons. The molecule has 0 aromatic heterocycles. The molecule has 2 aliphatic rings. The van der Waals surface area contributed by atoms with Crippen LogP contribution in [0.5, 0.6) is 0 Å². The van der Waals surface area contributed by atoms with E-state index in [1.165, 1.54) is 6.42 Å². The topological polar surface area (TPSA) is 26.3 Å². The Morgan fingerprint density at radius 3 is 3.17 bits per heavy atom. The van der Waals surface area contributed by atoms with Gasteiger partial charge < -0.3 is 4.74 Å². The van der Waals surface area contributed by atoms with Crippen molar-refractivity contribution in [3.63, 3.8) is 0 Å². The van der Waals surface area contributed by atoms with Crippen molar-refractivity contribution >= 4 is 17.5 Å². The first-order chi connectivity index (χ1) is 5.88. The molecule has 0 spiro atoms. The zero-order chi connectivity index (χ0) is 8.39. The highest BCUT2D eigenvalue weighted by Crippen LogP contribution is 2.29. The molecule has 2 heterocycles. The summed E-state index contributed by atoms with van der Waals surface area (Å²) < 4.78 is 5.23. The van der Waals surface area contributed by atoms with Gasteiger partial charge in [-0.25, -0.2) is 0 Å². The normalized spacial score (nSPS) is 28.3. The van der Waals surface area contributed by atoms with Crippen molar-refractivity contribution in [3.05, 3.63) is 11.8 Å². The molecule has 2 rings (SSSR count). The molecule has 0 aromatic carbocycles. The summed E-state index contributed by atoms with van der Waals surface area (Å²) in [5, 5.41) is 0.189. The van der Waals surface area contributed by atoms with Gasteiger partial charge >= 0.3 is 0 Å². The third-order valence-electron chi connectivity index (χ3n) is 2.17. The van der Waals surface area contributed by atoms with Crippen LogP contribution in [-0.2, 0) is 9.53 Å². The first-order valence-electron chi connectivity index (χ1n) is 4.37. The quantitative estimate of drug-likeness (QED) is 0.654. The van der Waals surface area contributed by atoms with E-state index in [1.807, 2.05) is 6.08 Å². The third kappa shape index (κ3) is 1.51. The minimum atomic E-state index is 0.189. The lowest BCUT2D eigenvalue weighted by atomic mass is 10.1. The maximum atomic E-state index is 11.6. The lowest BCUT2D eigenvalue weighted by molar-refractivity contribution is -0.118. The van der Waals surface area contributed by atoms with Gasteiger partial charge in [0.05, 0.1) is 11.9 Å². The second kappa shape index (κ2) is 3.52. The van der Waals surface area contributed by atoms with Crippen molar-refractivity contribution in [3.8, 4) is 0 Å². The Morgan fingerprint density at radius 1 is 1.67 bits per heavy atom. The van der Waals surface area contributed by atoms with Gasteiger partial charge in [-0.05, 0) is 24.7 Å². The Hall–Kier alpha value is -0.440. The molecule has 0 bridgehead atoms. The van der Waals surface area contributed by atoms with Crippen LogP contribution in [0.3, 0.4) is 0 Å². The molecule has 1 atom stereocenters. The first kappa shape index (κ1) is 8.17. The van der Waals surface area contributed by atoms with Crippen LogP contribution >= 0.6 is 11.8 Å². The molecule has 0 amide bonds. The Balaban J connectivity index is 1.98. The summed E-state index contributed by atoms with van der Waals surface area (Å²) in [4.78, 5) is 11.6. The molecular formula is C9H12O2S. The molecule has 0 saturated carbocycles. The van der Waals surface area contributed by atoms with E-state index in [-0.39, 0.29) is 11.0 Å². The largest absolute Gasteiger partial charge is 0.490 e. The number of carbonyl (C=O) groups is 1. The number of hydrogen-bond donors (Lipinski definition) is 0. The maximum absolute atomic E-state index is 11.6. The highest BCUT2D eigenvalue weighted by Gasteiger charge is 2.28. The molecule has 0 aromatic rings. The fraction of sp³-hybridized carbons (Fsp3) is 0.667. The van der Waals surface area contributed by atoms with Crippen LogP contribution in [0.15, 0.2) is 11.8 Å². The number of thioether (sulfide) groups is 1. The van der Waals surface area contributed by atoms with E-state index >= 15 is 0 Å². The molecule has 1 fully saturated rings. The van der Waals surface area contributed by atoms with Gasteiger partial charge in [0.2, 0.25) is 5.78 Å². The van der Waals surface area contributed by atoms with Gasteiger partial charge in [0.25, 0.3) is 0 Å². The van der Waals surface area contributed by atoms with Gasteiger partial charge in [-0.3, -0.25) is 4.79 Å². The molecule has 12 heavy (non-hydrogen) atoms. The van der Waals surface area contributed by atoms with Gasteiger partial charge in [0.15, 0.2) is 5.76 Å². The van der Waals surface area contributed by atoms with Gasteiger partial charge in [-0.1, -0.05) is 0 Å². The zero-order valence-corrected chi connectivity index (χ0v) is 7.73. The Labute approximate surface area is 76.4 Å². The van der Waals surface area contributed by atoms with Crippen molar-refractivity contribution < 1.29 is 9.53 Å². The average Bonchev–Trinajstić information content (AvgIpc) is 2.77. The molecule has 1 saturated heterocycles. The Kier molecular flexibility index (Phi) is 2.40. The van der Waals surface area contributed by atoms with Crippen LogP contribution in [0.25, 0.3) is 0 Å². The van der Waals surface area contributed by atoms with E-state index in [0.717, 1.165) is 18.6 Å². The molecule has 1 unspecified atom stereocenters. The Morgan fingerprint density at radius 2 is 2.58 bits per heavy atom. The summed E-state index contributed by atoms with van der Waals surface area (Å²) in [7, 11) is 0. The van der Waals surface area contributed by atoms with E-state index in [0.29, 0.717) is 12.4 Å². The summed E-state index contributed by atoms with van der Waals surface area (Å²) in [5.74, 6) is 1.97. The predicted molar refractivity (Wildman–Crippen MR) is 49.1 cm³/mol. The predicted octanol–water partition coefficient (Wildman–Crippen LogP) is 1.76. The third-order valence-corrected chi connectivity index (χ3v) is 3.55. The van der Waals surface area contributed by atoms with Crippen molar-refractivity contribution in [2.24, 2.45) is 0 Å². The van der Waals surface area contributed by atoms with E-state index in [1.54, 1.807) is 11.8 Å². The summed E-state index contributed by atoms with van der Waals surface area (Å²) in [6.07, 6.45) is 5.03. The van der Waals surface area contributed by atoms with Gasteiger partial charge in [-0.2, -0.15) is 11.8 Å². The SMILES string of the molecule is O=C(C1=CCCO1)C1CCCS1. The second-order valence-corrected chi connectivity index (χ2v) is 4.38. The standard InChI is InChI=1S/C9H12O2S/c10-9(7-3-1-5-11-7)8-4-2-6-12-8/h3,8H,1-2,4-6H2. The molecule has 3 heteroatoms. The number of hydrogen-bond acceptors (Lipinski definition) is 3. The lowest BCUT2D eigenvalue weighted by Gasteiger charge is -2.07. The number of ether oxygens (including phenoxy) is 1. The lowest BCUT2D eigenvalue weighted by Crippen LogP contribution is -2.16. The van der Waals surface area contributed by atoms with E-state index < -0.39 is 0 Å². The second-order valence-electron chi connectivity index (χ2n) is 3.07. The van der Waals surface area contributed by atoms with Crippen molar-refractivity contribution in [2.45, 2.75) is 24.5 Å². The van der Waals surface area contributed by atoms with Crippen LogP contribution < -0.4 is 0 Å². The molecule has 2 nitrogen and oxygen atoms in total. The molecular weight excluding hydrogens is 172 g/mol. The summed E-state index contributed by atoms with van der Waals surface area (Å²) >= 11 is 1.77. The minimum Gasteiger partial charge on any atom is -0.490 e. The number of rotatable bonds is 2. The summed E-state index contributed by atoms with van der Waals surface area (Å²) in [5.41, 5.74) is 0. The monoisotopic (exact) mass is 184 g/mol. The minimum absolute atomic E-state index is 0.189. The van der Waals surface area contributed by atoms with Crippen LogP contribution in [0.4, 0.5) is 0 Å². The average molecular weight is 184 g/mol. The molecule has 0 aliphatic carbocycles. The van der Waals surface area contributed by atoms with E-state index in [2.05, 4.69) is 0 Å². The van der Waals surface area contributed by atoms with Crippen molar-refractivity contribution in [2.75, 3.05) is 12.4 Å². The van der Waals surface area contributed by atoms with Crippen LogP contribution in [0, 0.1) is 0 Å². The summed E-state index contributed by atoms with van der Waals surface area (Å²) in [6, 6.07) is 0. The van der Waals surface area contributed by atoms with Gasteiger partial charge in [0, 0.05) is 6.42 Å². The summed E-state index contributed by atoms with van der Waals surface area (Å²) in [6.45, 7) is 0.693.